The van der Waals surface area contributed by atoms with Gasteiger partial charge in [0.15, 0.2) is 0 Å². The number of amides is 1. The number of nitrogens with zero attached hydrogens (tertiary/aromatic N) is 5. The van der Waals surface area contributed by atoms with Crippen LogP contribution in [0.3, 0.4) is 0 Å². The average molecular weight is 463 g/mol. The van der Waals surface area contributed by atoms with E-state index in [0.717, 1.165) is 39.0 Å². The molecule has 174 valence electrons. The third kappa shape index (κ3) is 4.75. The van der Waals surface area contributed by atoms with E-state index in [1.165, 1.54) is 0 Å². The van der Waals surface area contributed by atoms with Gasteiger partial charge in [-0.15, -0.1) is 0 Å². The number of nitrogens with two attached hydrogens (primary N) is 1. The summed E-state index contributed by atoms with van der Waals surface area (Å²) >= 11 is 0. The summed E-state index contributed by atoms with van der Waals surface area (Å²) < 4.78 is 1.82. The Kier molecular flexibility index (Phi) is 5.97. The number of hydrogen-bond acceptors (Lipinski definition) is 5. The molecule has 1 amide bonds. The van der Waals surface area contributed by atoms with Crippen LogP contribution < -0.4 is 5.73 Å². The van der Waals surface area contributed by atoms with Gasteiger partial charge in [-0.3, -0.25) is 9.78 Å². The molecule has 3 aromatic heterocycles. The molecule has 0 radical (unpaired) electrons. The van der Waals surface area contributed by atoms with Gasteiger partial charge in [0, 0.05) is 36.1 Å². The Labute approximate surface area is 203 Å². The lowest BCUT2D eigenvalue weighted by molar-refractivity contribution is 0.0728. The van der Waals surface area contributed by atoms with Crippen LogP contribution in [0.4, 0.5) is 5.82 Å². The van der Waals surface area contributed by atoms with Crippen LogP contribution in [-0.4, -0.2) is 30.6 Å². The molecular formula is C28H26N6O. The van der Waals surface area contributed by atoms with Crippen molar-refractivity contribution in [2.24, 2.45) is 0 Å². The molecule has 0 unspecified atom stereocenters. The maximum Gasteiger partial charge on any atom is 0.254 e. The van der Waals surface area contributed by atoms with Gasteiger partial charge in [0.05, 0.1) is 23.4 Å². The number of benzene rings is 2. The van der Waals surface area contributed by atoms with Gasteiger partial charge < -0.3 is 10.6 Å². The topological polar surface area (TPSA) is 89.9 Å². The molecule has 7 nitrogen and oxygen atoms in total. The highest BCUT2D eigenvalue weighted by Gasteiger charge is 2.20. The monoisotopic (exact) mass is 462 g/mol. The molecule has 0 saturated heterocycles. The summed E-state index contributed by atoms with van der Waals surface area (Å²) in [6, 6.07) is 21.3. The van der Waals surface area contributed by atoms with Crippen molar-refractivity contribution >= 4 is 22.6 Å². The molecule has 5 rings (SSSR count). The summed E-state index contributed by atoms with van der Waals surface area (Å²) in [5.41, 5.74) is 12.0. The molecule has 35 heavy (non-hydrogen) atoms. The van der Waals surface area contributed by atoms with E-state index < -0.39 is 0 Å². The molecule has 0 fully saturated rings. The van der Waals surface area contributed by atoms with E-state index in [9.17, 15) is 4.79 Å². The first-order valence-corrected chi connectivity index (χ1v) is 11.4. The van der Waals surface area contributed by atoms with Crippen molar-refractivity contribution in [2.45, 2.75) is 26.9 Å². The van der Waals surface area contributed by atoms with E-state index in [1.54, 1.807) is 12.3 Å². The Morgan fingerprint density at radius 3 is 2.63 bits per heavy atom. The van der Waals surface area contributed by atoms with Crippen molar-refractivity contribution in [1.82, 2.24) is 24.6 Å². The molecule has 7 heteroatoms. The number of anilines is 1. The summed E-state index contributed by atoms with van der Waals surface area (Å²) in [6.45, 7) is 4.70. The largest absolute Gasteiger partial charge is 0.383 e. The second-order valence-corrected chi connectivity index (χ2v) is 8.67. The molecule has 3 heterocycles. The molecule has 2 N–H and O–H groups in total. The maximum atomic E-state index is 13.8. The SMILES string of the molecule is Cc1ccc(CN(Cc2ccccc2-n2cccn2)C(=O)c2ccc3nc(N)c(C)cc3c2)nc1. The Morgan fingerprint density at radius 1 is 1.00 bits per heavy atom. The molecule has 0 bridgehead atoms. The number of hydrogen-bond donors (Lipinski definition) is 1. The second-order valence-electron chi connectivity index (χ2n) is 8.67. The van der Waals surface area contributed by atoms with E-state index >= 15 is 0 Å². The molecular weight excluding hydrogens is 436 g/mol. The first kappa shape index (κ1) is 22.3. The maximum absolute atomic E-state index is 13.8. The first-order valence-electron chi connectivity index (χ1n) is 11.4. The van der Waals surface area contributed by atoms with E-state index in [1.807, 2.05) is 96.5 Å². The normalized spacial score (nSPS) is 11.0. The van der Waals surface area contributed by atoms with Gasteiger partial charge >= 0.3 is 0 Å². The fraction of sp³-hybridized carbons (Fsp3) is 0.143. The van der Waals surface area contributed by atoms with E-state index in [-0.39, 0.29) is 5.91 Å². The number of carbonyl (C=O) groups is 1. The Hall–Kier alpha value is -4.52. The van der Waals surface area contributed by atoms with Crippen LogP contribution in [0.15, 0.2) is 85.3 Å². The zero-order chi connectivity index (χ0) is 24.4. The predicted molar refractivity (Wildman–Crippen MR) is 137 cm³/mol. The Balaban J connectivity index is 1.53. The van der Waals surface area contributed by atoms with Crippen molar-refractivity contribution < 1.29 is 4.79 Å². The quantitative estimate of drug-likeness (QED) is 0.389. The number of aromatic nitrogens is 4. The molecule has 0 atom stereocenters. The van der Waals surface area contributed by atoms with Crippen molar-refractivity contribution in [2.75, 3.05) is 5.73 Å². The Morgan fingerprint density at radius 2 is 1.86 bits per heavy atom. The molecule has 0 aliphatic heterocycles. The summed E-state index contributed by atoms with van der Waals surface area (Å²) in [5.74, 6) is 0.415. The second kappa shape index (κ2) is 9.38. The first-order chi connectivity index (χ1) is 17.0. The van der Waals surface area contributed by atoms with E-state index in [2.05, 4.69) is 15.1 Å². The highest BCUT2D eigenvalue weighted by atomic mass is 16.2. The summed E-state index contributed by atoms with van der Waals surface area (Å²) in [7, 11) is 0. The fourth-order valence-corrected chi connectivity index (χ4v) is 4.08. The highest BCUT2D eigenvalue weighted by molar-refractivity contribution is 5.98. The Bertz CT molecular complexity index is 1490. The number of carbonyl (C=O) groups excluding carboxylic acids is 1. The van der Waals surface area contributed by atoms with Crippen LogP contribution >= 0.6 is 0 Å². The predicted octanol–water partition coefficient (Wildman–Crippen LogP) is 4.86. The van der Waals surface area contributed by atoms with Gasteiger partial charge in [-0.25, -0.2) is 9.67 Å². The van der Waals surface area contributed by atoms with Crippen molar-refractivity contribution in [1.29, 1.82) is 0 Å². The lowest BCUT2D eigenvalue weighted by atomic mass is 10.1. The molecule has 0 spiro atoms. The van der Waals surface area contributed by atoms with Crippen LogP contribution in [0, 0.1) is 13.8 Å². The highest BCUT2D eigenvalue weighted by Crippen LogP contribution is 2.23. The van der Waals surface area contributed by atoms with E-state index in [0.29, 0.717) is 24.5 Å². The van der Waals surface area contributed by atoms with Crippen molar-refractivity contribution in [3.63, 3.8) is 0 Å². The molecule has 0 aliphatic carbocycles. The third-order valence-corrected chi connectivity index (χ3v) is 6.01. The van der Waals surface area contributed by atoms with Crippen molar-refractivity contribution in [3.05, 3.63) is 113 Å². The van der Waals surface area contributed by atoms with Crippen LogP contribution in [0.1, 0.15) is 32.7 Å². The summed E-state index contributed by atoms with van der Waals surface area (Å²) in [6.07, 6.45) is 5.47. The van der Waals surface area contributed by atoms with Crippen LogP contribution in [-0.2, 0) is 13.1 Å². The minimum Gasteiger partial charge on any atom is -0.383 e. The number of fused-ring (bicyclic) bond motifs is 1. The van der Waals surface area contributed by atoms with Crippen LogP contribution in [0.25, 0.3) is 16.6 Å². The number of para-hydroxylation sites is 1. The number of nitrogen functional groups attached to an aromatic ring is 1. The molecule has 0 saturated carbocycles. The lowest BCUT2D eigenvalue weighted by Crippen LogP contribution is -2.31. The zero-order valence-electron chi connectivity index (χ0n) is 19.7. The minimum atomic E-state index is -0.0842. The summed E-state index contributed by atoms with van der Waals surface area (Å²) in [4.78, 5) is 24.6. The molecule has 2 aromatic carbocycles. The standard InChI is InChI=1S/C28H26N6O/c1-19-8-10-24(30-16-19)18-33(17-22-6-3-4-7-26(22)34-13-5-12-31-34)28(35)21-9-11-25-23(15-21)14-20(2)27(29)32-25/h3-16H,17-18H2,1-2H3,(H2,29,32). The number of pyridine rings is 2. The molecule has 5 aromatic rings. The van der Waals surface area contributed by atoms with Gasteiger partial charge in [-0.1, -0.05) is 24.3 Å². The summed E-state index contributed by atoms with van der Waals surface area (Å²) in [5, 5.41) is 5.27. The number of aryl methyl sites for hydroxylation is 2. The lowest BCUT2D eigenvalue weighted by Gasteiger charge is -2.24. The average Bonchev–Trinajstić information content (AvgIpc) is 3.40. The van der Waals surface area contributed by atoms with Crippen LogP contribution in [0.2, 0.25) is 0 Å². The van der Waals surface area contributed by atoms with Gasteiger partial charge in [0.25, 0.3) is 5.91 Å². The number of rotatable bonds is 6. The third-order valence-electron chi connectivity index (χ3n) is 6.01. The van der Waals surface area contributed by atoms with Gasteiger partial charge in [-0.2, -0.15) is 5.10 Å². The minimum absolute atomic E-state index is 0.0842. The zero-order valence-corrected chi connectivity index (χ0v) is 19.7. The van der Waals surface area contributed by atoms with Crippen molar-refractivity contribution in [3.8, 4) is 5.69 Å². The molecule has 0 aliphatic rings. The van der Waals surface area contributed by atoms with E-state index in [4.69, 9.17) is 5.73 Å². The van der Waals surface area contributed by atoms with Gasteiger partial charge in [0.1, 0.15) is 5.82 Å². The van der Waals surface area contributed by atoms with Gasteiger partial charge in [-0.05, 0) is 73.0 Å². The van der Waals surface area contributed by atoms with Crippen LogP contribution in [0.5, 0.6) is 0 Å². The smallest absolute Gasteiger partial charge is 0.254 e. The fourth-order valence-electron chi connectivity index (χ4n) is 4.08. The van der Waals surface area contributed by atoms with Gasteiger partial charge in [0.2, 0.25) is 0 Å².